The third kappa shape index (κ3) is 1.62. The van der Waals surface area contributed by atoms with Crippen molar-refractivity contribution in [1.29, 1.82) is 0 Å². The van der Waals surface area contributed by atoms with E-state index in [4.69, 9.17) is 12.2 Å². The smallest absolute Gasteiger partial charge is 0.216 e. The van der Waals surface area contributed by atoms with E-state index in [2.05, 4.69) is 20.1 Å². The number of aryl methyl sites for hydroxylation is 1. The molecular formula is C11H9N5S. The second-order valence-electron chi connectivity index (χ2n) is 3.64. The Kier molecular flexibility index (Phi) is 2.22. The fourth-order valence-electron chi connectivity index (χ4n) is 1.71. The molecule has 2 aromatic heterocycles. The van der Waals surface area contributed by atoms with Gasteiger partial charge in [0.25, 0.3) is 0 Å². The second-order valence-corrected chi connectivity index (χ2v) is 4.01. The second kappa shape index (κ2) is 3.74. The summed E-state index contributed by atoms with van der Waals surface area (Å²) in [4.78, 5) is 12.9. The first-order valence-corrected chi connectivity index (χ1v) is 5.49. The van der Waals surface area contributed by atoms with Crippen LogP contribution in [0.25, 0.3) is 22.4 Å². The predicted octanol–water partition coefficient (Wildman–Crippen LogP) is 2.09. The molecule has 6 heteroatoms. The molecule has 0 unspecified atom stereocenters. The first kappa shape index (κ1) is 10.1. The Hall–Kier alpha value is -2.08. The number of aromatic nitrogens is 5. The van der Waals surface area contributed by atoms with Gasteiger partial charge in [-0.2, -0.15) is 4.98 Å². The van der Waals surface area contributed by atoms with Gasteiger partial charge in [-0.15, -0.1) is 0 Å². The highest BCUT2D eigenvalue weighted by atomic mass is 32.1. The Morgan fingerprint density at radius 2 is 2.06 bits per heavy atom. The largest absolute Gasteiger partial charge is 0.279 e. The molecule has 0 aliphatic carbocycles. The molecule has 3 rings (SSSR count). The molecule has 2 heterocycles. The normalized spacial score (nSPS) is 10.9. The molecule has 0 amide bonds. The minimum absolute atomic E-state index is 0.515. The number of hydrogen-bond acceptors (Lipinski definition) is 4. The van der Waals surface area contributed by atoms with Crippen LogP contribution >= 0.6 is 12.2 Å². The summed E-state index contributed by atoms with van der Waals surface area (Å²) in [7, 11) is 1.83. The van der Waals surface area contributed by atoms with Gasteiger partial charge in [-0.25, -0.2) is 0 Å². The number of hydrogen-bond donors (Lipinski definition) is 1. The van der Waals surface area contributed by atoms with Crippen molar-refractivity contribution in [2.75, 3.05) is 0 Å². The molecule has 0 spiro atoms. The number of rotatable bonds is 1. The lowest BCUT2D eigenvalue weighted by Gasteiger charge is -2.01. The predicted molar refractivity (Wildman–Crippen MR) is 66.9 cm³/mol. The van der Waals surface area contributed by atoms with Gasteiger partial charge in [0.15, 0.2) is 5.82 Å². The maximum atomic E-state index is 5.08. The van der Waals surface area contributed by atoms with Crippen molar-refractivity contribution >= 4 is 23.3 Å². The minimum Gasteiger partial charge on any atom is -0.279 e. The minimum atomic E-state index is 0.515. The Bertz CT molecular complexity index is 737. The summed E-state index contributed by atoms with van der Waals surface area (Å²) in [6.07, 6.45) is 3.34. The first-order chi connectivity index (χ1) is 8.25. The van der Waals surface area contributed by atoms with E-state index in [0.717, 1.165) is 16.6 Å². The van der Waals surface area contributed by atoms with Crippen molar-refractivity contribution in [3.05, 3.63) is 35.4 Å². The van der Waals surface area contributed by atoms with Crippen LogP contribution in [-0.4, -0.2) is 24.7 Å². The Balaban J connectivity index is 2.34. The molecule has 0 radical (unpaired) electrons. The summed E-state index contributed by atoms with van der Waals surface area (Å²) in [5, 5.41) is 3.09. The van der Waals surface area contributed by atoms with E-state index in [1.54, 1.807) is 17.1 Å². The van der Waals surface area contributed by atoms with E-state index >= 15 is 0 Å². The van der Waals surface area contributed by atoms with Crippen LogP contribution in [0.1, 0.15) is 0 Å². The molecule has 84 valence electrons. The maximum absolute atomic E-state index is 5.08. The molecule has 0 saturated carbocycles. The average molecular weight is 243 g/mol. The molecular weight excluding hydrogens is 234 g/mol. The summed E-state index contributed by atoms with van der Waals surface area (Å²) in [6.45, 7) is 0. The molecule has 0 aliphatic heterocycles. The Morgan fingerprint density at radius 3 is 2.82 bits per heavy atom. The number of aromatic amines is 1. The van der Waals surface area contributed by atoms with Crippen LogP contribution in [0.5, 0.6) is 0 Å². The van der Waals surface area contributed by atoms with Crippen LogP contribution in [-0.2, 0) is 7.05 Å². The van der Waals surface area contributed by atoms with Crippen LogP contribution in [0.4, 0.5) is 0 Å². The average Bonchev–Trinajstić information content (AvgIpc) is 2.69. The number of para-hydroxylation sites is 1. The fraction of sp³-hybridized carbons (Fsp3) is 0.0909. The van der Waals surface area contributed by atoms with Crippen molar-refractivity contribution in [3.63, 3.8) is 0 Å². The molecule has 3 aromatic rings. The monoisotopic (exact) mass is 243 g/mol. The summed E-state index contributed by atoms with van der Waals surface area (Å²) in [5.74, 6) is 0.712. The number of fused-ring (bicyclic) bond motifs is 1. The Morgan fingerprint density at radius 1 is 1.24 bits per heavy atom. The van der Waals surface area contributed by atoms with Crippen molar-refractivity contribution < 1.29 is 0 Å². The standard InChI is InChI=1S/C11H9N5S/c1-16-11(17)14-10(15-16)7-3-2-4-8-9(7)13-6-5-12-8/h2-6H,1H3,(H,14,15,17). The molecule has 0 bridgehead atoms. The van der Waals surface area contributed by atoms with E-state index < -0.39 is 0 Å². The van der Waals surface area contributed by atoms with Crippen LogP contribution < -0.4 is 0 Å². The molecule has 1 aromatic carbocycles. The van der Waals surface area contributed by atoms with Gasteiger partial charge in [-0.3, -0.25) is 19.7 Å². The topological polar surface area (TPSA) is 59.4 Å². The highest BCUT2D eigenvalue weighted by molar-refractivity contribution is 7.71. The number of benzene rings is 1. The van der Waals surface area contributed by atoms with Gasteiger partial charge in [0.1, 0.15) is 0 Å². The Labute approximate surface area is 102 Å². The van der Waals surface area contributed by atoms with Crippen LogP contribution in [0.2, 0.25) is 0 Å². The lowest BCUT2D eigenvalue weighted by Crippen LogP contribution is -1.91. The van der Waals surface area contributed by atoms with Gasteiger partial charge in [0.2, 0.25) is 4.77 Å². The van der Waals surface area contributed by atoms with E-state index in [1.807, 2.05) is 25.2 Å². The summed E-state index contributed by atoms with van der Waals surface area (Å²) in [6, 6.07) is 5.80. The highest BCUT2D eigenvalue weighted by Gasteiger charge is 2.08. The molecule has 1 N–H and O–H groups in total. The van der Waals surface area contributed by atoms with Crippen LogP contribution in [0.15, 0.2) is 30.6 Å². The third-order valence-corrected chi connectivity index (χ3v) is 2.89. The van der Waals surface area contributed by atoms with Gasteiger partial charge in [-0.05, 0) is 24.4 Å². The van der Waals surface area contributed by atoms with Crippen molar-refractivity contribution in [3.8, 4) is 11.4 Å². The van der Waals surface area contributed by atoms with Gasteiger partial charge < -0.3 is 0 Å². The molecule has 17 heavy (non-hydrogen) atoms. The van der Waals surface area contributed by atoms with E-state index in [0.29, 0.717) is 10.6 Å². The van der Waals surface area contributed by atoms with Gasteiger partial charge in [0.05, 0.1) is 11.0 Å². The molecule has 0 aliphatic rings. The summed E-state index contributed by atoms with van der Waals surface area (Å²) >= 11 is 5.08. The van der Waals surface area contributed by atoms with Crippen LogP contribution in [0, 0.1) is 4.77 Å². The zero-order valence-corrected chi connectivity index (χ0v) is 9.90. The quantitative estimate of drug-likeness (QED) is 0.665. The molecule has 0 atom stereocenters. The lowest BCUT2D eigenvalue weighted by atomic mass is 10.1. The van der Waals surface area contributed by atoms with E-state index in [9.17, 15) is 0 Å². The summed E-state index contributed by atoms with van der Waals surface area (Å²) < 4.78 is 2.21. The molecule has 0 fully saturated rings. The third-order valence-electron chi connectivity index (χ3n) is 2.52. The number of nitrogens with one attached hydrogen (secondary N) is 1. The van der Waals surface area contributed by atoms with Gasteiger partial charge >= 0.3 is 0 Å². The van der Waals surface area contributed by atoms with E-state index in [1.165, 1.54) is 0 Å². The van der Waals surface area contributed by atoms with Crippen molar-refractivity contribution in [2.24, 2.45) is 7.05 Å². The van der Waals surface area contributed by atoms with Gasteiger partial charge in [-0.1, -0.05) is 6.07 Å². The SMILES string of the molecule is Cn1[nH]c(-c2cccc3nccnc23)nc1=S. The fourth-order valence-corrected chi connectivity index (χ4v) is 1.84. The first-order valence-electron chi connectivity index (χ1n) is 5.09. The molecule has 5 nitrogen and oxygen atoms in total. The zero-order chi connectivity index (χ0) is 11.8. The maximum Gasteiger partial charge on any atom is 0.216 e. The zero-order valence-electron chi connectivity index (χ0n) is 9.08. The number of H-pyrrole nitrogens is 1. The highest BCUT2D eigenvalue weighted by Crippen LogP contribution is 2.22. The van der Waals surface area contributed by atoms with Crippen molar-refractivity contribution in [2.45, 2.75) is 0 Å². The van der Waals surface area contributed by atoms with E-state index in [-0.39, 0.29) is 0 Å². The van der Waals surface area contributed by atoms with Gasteiger partial charge in [0, 0.05) is 25.0 Å². The van der Waals surface area contributed by atoms with Crippen LogP contribution in [0.3, 0.4) is 0 Å². The molecule has 0 saturated heterocycles. The van der Waals surface area contributed by atoms with Crippen molar-refractivity contribution in [1.82, 2.24) is 24.7 Å². The lowest BCUT2D eigenvalue weighted by molar-refractivity contribution is 0.756. The summed E-state index contributed by atoms with van der Waals surface area (Å²) in [5.41, 5.74) is 2.57. The number of nitrogens with zero attached hydrogens (tertiary/aromatic N) is 4.